The van der Waals surface area contributed by atoms with Gasteiger partial charge in [0.05, 0.1) is 5.56 Å². The smallest absolute Gasteiger partial charge is 0.132 e. The van der Waals surface area contributed by atoms with E-state index < -0.39 is 0 Å². The minimum atomic E-state index is 0.518. The summed E-state index contributed by atoms with van der Waals surface area (Å²) in [4.78, 5) is 8.13. The third kappa shape index (κ3) is 2.47. The van der Waals surface area contributed by atoms with Crippen LogP contribution in [0.15, 0.2) is 36.7 Å². The zero-order valence-electron chi connectivity index (χ0n) is 8.18. The van der Waals surface area contributed by atoms with Gasteiger partial charge in [-0.05, 0) is 24.3 Å². The van der Waals surface area contributed by atoms with Crippen LogP contribution in [0.25, 0.3) is 0 Å². The van der Waals surface area contributed by atoms with Crippen molar-refractivity contribution in [3.8, 4) is 6.07 Å². The minimum absolute atomic E-state index is 0.518. The molecular formula is C11H7ClN4. The molecule has 78 valence electrons. The first-order chi connectivity index (χ1) is 7.78. The molecule has 1 N–H and O–H groups in total. The van der Waals surface area contributed by atoms with E-state index in [4.69, 9.17) is 16.9 Å². The first kappa shape index (κ1) is 10.4. The molecule has 0 atom stereocenters. The predicted molar refractivity (Wildman–Crippen MR) is 61.5 cm³/mol. The molecule has 2 aromatic rings. The number of nitrogens with one attached hydrogen (secondary N) is 1. The second-order valence-electron chi connectivity index (χ2n) is 3.03. The van der Waals surface area contributed by atoms with Crippen LogP contribution in [0.3, 0.4) is 0 Å². The number of halogens is 1. The fourth-order valence-corrected chi connectivity index (χ4v) is 1.30. The van der Waals surface area contributed by atoms with Crippen LogP contribution in [0, 0.1) is 11.3 Å². The van der Waals surface area contributed by atoms with Gasteiger partial charge in [-0.1, -0.05) is 11.6 Å². The highest BCUT2D eigenvalue weighted by Crippen LogP contribution is 2.15. The zero-order chi connectivity index (χ0) is 11.4. The summed E-state index contributed by atoms with van der Waals surface area (Å²) < 4.78 is 0. The molecule has 16 heavy (non-hydrogen) atoms. The molecule has 0 aliphatic carbocycles. The summed E-state index contributed by atoms with van der Waals surface area (Å²) in [7, 11) is 0. The third-order valence-corrected chi connectivity index (χ3v) is 2.11. The van der Waals surface area contributed by atoms with Gasteiger partial charge in [0, 0.05) is 17.4 Å². The molecule has 0 aromatic carbocycles. The lowest BCUT2D eigenvalue weighted by molar-refractivity contribution is 1.24. The Kier molecular flexibility index (Phi) is 2.99. The van der Waals surface area contributed by atoms with E-state index in [1.54, 1.807) is 30.5 Å². The maximum atomic E-state index is 8.61. The van der Waals surface area contributed by atoms with Crippen molar-refractivity contribution in [1.82, 2.24) is 9.97 Å². The summed E-state index contributed by atoms with van der Waals surface area (Å²) >= 11 is 5.82. The van der Waals surface area contributed by atoms with E-state index in [1.807, 2.05) is 6.07 Å². The van der Waals surface area contributed by atoms with Gasteiger partial charge in [0.2, 0.25) is 0 Å². The number of anilines is 2. The average molecular weight is 231 g/mol. The number of rotatable bonds is 2. The Balaban J connectivity index is 2.18. The van der Waals surface area contributed by atoms with E-state index in [-0.39, 0.29) is 0 Å². The van der Waals surface area contributed by atoms with Crippen LogP contribution in [0.5, 0.6) is 0 Å². The Labute approximate surface area is 97.5 Å². The standard InChI is InChI=1S/C11H7ClN4/c12-9-3-4-14-11(5-9)16-10-2-1-8(6-13)7-15-10/h1-5,7H,(H,14,15,16). The molecule has 0 saturated heterocycles. The molecule has 2 rings (SSSR count). The Bertz CT molecular complexity index is 530. The first-order valence-corrected chi connectivity index (χ1v) is 4.90. The lowest BCUT2D eigenvalue weighted by Gasteiger charge is -2.03. The van der Waals surface area contributed by atoms with Crippen molar-refractivity contribution in [3.63, 3.8) is 0 Å². The molecule has 0 bridgehead atoms. The van der Waals surface area contributed by atoms with Gasteiger partial charge in [-0.25, -0.2) is 9.97 Å². The number of pyridine rings is 2. The Morgan fingerprint density at radius 2 is 2.06 bits per heavy atom. The van der Waals surface area contributed by atoms with E-state index in [2.05, 4.69) is 15.3 Å². The van der Waals surface area contributed by atoms with Crippen molar-refractivity contribution in [3.05, 3.63) is 47.2 Å². The summed E-state index contributed by atoms with van der Waals surface area (Å²) in [5.74, 6) is 1.23. The predicted octanol–water partition coefficient (Wildman–Crippen LogP) is 2.75. The third-order valence-electron chi connectivity index (χ3n) is 1.87. The second kappa shape index (κ2) is 4.60. The van der Waals surface area contributed by atoms with Crippen LogP contribution < -0.4 is 5.32 Å². The molecule has 0 amide bonds. The molecule has 0 aliphatic rings. The minimum Gasteiger partial charge on any atom is -0.325 e. The van der Waals surface area contributed by atoms with E-state index in [0.29, 0.717) is 22.2 Å². The van der Waals surface area contributed by atoms with Crippen LogP contribution in [0.2, 0.25) is 5.02 Å². The van der Waals surface area contributed by atoms with E-state index in [1.165, 1.54) is 6.20 Å². The molecule has 0 saturated carbocycles. The quantitative estimate of drug-likeness (QED) is 0.862. The highest BCUT2D eigenvalue weighted by molar-refractivity contribution is 6.30. The number of hydrogen-bond acceptors (Lipinski definition) is 4. The van der Waals surface area contributed by atoms with E-state index >= 15 is 0 Å². The zero-order valence-corrected chi connectivity index (χ0v) is 8.94. The van der Waals surface area contributed by atoms with Gasteiger partial charge in [0.15, 0.2) is 0 Å². The molecule has 0 radical (unpaired) electrons. The summed E-state index contributed by atoms with van der Waals surface area (Å²) in [5.41, 5.74) is 0.518. The number of nitriles is 1. The Morgan fingerprint density at radius 1 is 1.19 bits per heavy atom. The first-order valence-electron chi connectivity index (χ1n) is 4.52. The van der Waals surface area contributed by atoms with Crippen molar-refractivity contribution in [2.45, 2.75) is 0 Å². The maximum absolute atomic E-state index is 8.61. The van der Waals surface area contributed by atoms with Gasteiger partial charge in [0.1, 0.15) is 17.7 Å². The average Bonchev–Trinajstić information content (AvgIpc) is 2.30. The van der Waals surface area contributed by atoms with Crippen molar-refractivity contribution < 1.29 is 0 Å². The van der Waals surface area contributed by atoms with Crippen LogP contribution >= 0.6 is 11.6 Å². The Morgan fingerprint density at radius 3 is 2.69 bits per heavy atom. The van der Waals surface area contributed by atoms with Crippen LogP contribution in [0.4, 0.5) is 11.6 Å². The van der Waals surface area contributed by atoms with Gasteiger partial charge in [-0.2, -0.15) is 5.26 Å². The second-order valence-corrected chi connectivity index (χ2v) is 3.46. The molecule has 0 spiro atoms. The van der Waals surface area contributed by atoms with Gasteiger partial charge < -0.3 is 5.32 Å². The molecule has 5 heteroatoms. The lowest BCUT2D eigenvalue weighted by atomic mass is 10.3. The molecule has 0 aliphatic heterocycles. The summed E-state index contributed by atoms with van der Waals surface area (Å²) in [6, 6.07) is 8.78. The lowest BCUT2D eigenvalue weighted by Crippen LogP contribution is -1.95. The van der Waals surface area contributed by atoms with E-state index in [9.17, 15) is 0 Å². The molecule has 0 unspecified atom stereocenters. The van der Waals surface area contributed by atoms with Crippen molar-refractivity contribution >= 4 is 23.2 Å². The summed E-state index contributed by atoms with van der Waals surface area (Å²) in [6.07, 6.45) is 3.10. The van der Waals surface area contributed by atoms with Crippen molar-refractivity contribution in [2.24, 2.45) is 0 Å². The number of hydrogen-bond donors (Lipinski definition) is 1. The summed E-state index contributed by atoms with van der Waals surface area (Å²) in [5, 5.41) is 12.2. The molecule has 2 heterocycles. The van der Waals surface area contributed by atoms with Crippen LogP contribution in [-0.2, 0) is 0 Å². The van der Waals surface area contributed by atoms with Crippen LogP contribution in [0.1, 0.15) is 5.56 Å². The monoisotopic (exact) mass is 230 g/mol. The molecule has 4 nitrogen and oxygen atoms in total. The topological polar surface area (TPSA) is 61.6 Å². The van der Waals surface area contributed by atoms with Crippen LogP contribution in [-0.4, -0.2) is 9.97 Å². The normalized spacial score (nSPS) is 9.50. The molecule has 2 aromatic heterocycles. The van der Waals surface area contributed by atoms with Gasteiger partial charge >= 0.3 is 0 Å². The Hall–Kier alpha value is -2.12. The fraction of sp³-hybridized carbons (Fsp3) is 0. The largest absolute Gasteiger partial charge is 0.325 e. The van der Waals surface area contributed by atoms with Gasteiger partial charge in [-0.15, -0.1) is 0 Å². The van der Waals surface area contributed by atoms with E-state index in [0.717, 1.165) is 0 Å². The number of aromatic nitrogens is 2. The SMILES string of the molecule is N#Cc1ccc(Nc2cc(Cl)ccn2)nc1. The molecular weight excluding hydrogens is 224 g/mol. The number of nitrogens with zero attached hydrogens (tertiary/aromatic N) is 3. The van der Waals surface area contributed by atoms with Crippen molar-refractivity contribution in [1.29, 1.82) is 5.26 Å². The highest BCUT2D eigenvalue weighted by atomic mass is 35.5. The van der Waals surface area contributed by atoms with Gasteiger partial charge in [0.25, 0.3) is 0 Å². The van der Waals surface area contributed by atoms with Crippen molar-refractivity contribution in [2.75, 3.05) is 5.32 Å². The van der Waals surface area contributed by atoms with Gasteiger partial charge in [-0.3, -0.25) is 0 Å². The fourth-order valence-electron chi connectivity index (χ4n) is 1.14. The maximum Gasteiger partial charge on any atom is 0.132 e. The highest BCUT2D eigenvalue weighted by Gasteiger charge is 1.98. The summed E-state index contributed by atoms with van der Waals surface area (Å²) in [6.45, 7) is 0. The molecule has 0 fully saturated rings.